The van der Waals surface area contributed by atoms with E-state index in [1.54, 1.807) is 11.3 Å². The fraction of sp³-hybridized carbons (Fsp3) is 0.474. The maximum absolute atomic E-state index is 12.6. The Hall–Kier alpha value is -1.72. The molecule has 0 atom stereocenters. The summed E-state index contributed by atoms with van der Waals surface area (Å²) in [4.78, 5) is 22.0. The highest BCUT2D eigenvalue weighted by Gasteiger charge is 2.36. The zero-order valence-corrected chi connectivity index (χ0v) is 15.4. The zero-order valence-electron chi connectivity index (χ0n) is 14.6. The van der Waals surface area contributed by atoms with Crippen molar-refractivity contribution in [1.29, 1.82) is 0 Å². The van der Waals surface area contributed by atoms with Crippen molar-refractivity contribution in [1.82, 2.24) is 14.8 Å². The molecule has 3 heterocycles. The number of amides is 1. The van der Waals surface area contributed by atoms with Gasteiger partial charge in [0.05, 0.1) is 4.88 Å². The normalized spacial score (nSPS) is 15.1. The number of rotatable bonds is 6. The third-order valence-corrected chi connectivity index (χ3v) is 5.46. The smallest absolute Gasteiger partial charge is 0.264 e. The molecule has 3 rings (SSSR count). The van der Waals surface area contributed by atoms with Crippen LogP contribution in [0.1, 0.15) is 34.6 Å². The summed E-state index contributed by atoms with van der Waals surface area (Å²) in [6.45, 7) is 10.1. The largest absolute Gasteiger partial charge is 0.335 e. The quantitative estimate of drug-likeness (QED) is 0.806. The van der Waals surface area contributed by atoms with Crippen LogP contribution in [0, 0.1) is 12.8 Å². The average Bonchev–Trinajstić information content (AvgIpc) is 2.92. The van der Waals surface area contributed by atoms with E-state index < -0.39 is 0 Å². The second kappa shape index (κ2) is 7.45. The minimum atomic E-state index is 0.187. The van der Waals surface area contributed by atoms with Crippen LogP contribution in [0.15, 0.2) is 36.0 Å². The van der Waals surface area contributed by atoms with Gasteiger partial charge in [-0.3, -0.25) is 14.7 Å². The summed E-state index contributed by atoms with van der Waals surface area (Å²) >= 11 is 1.55. The maximum Gasteiger partial charge on any atom is 0.264 e. The number of likely N-dealkylation sites (tertiary alicyclic amines) is 1. The number of carbonyl (C=O) groups is 1. The molecular formula is C19H25N3OS. The highest BCUT2D eigenvalue weighted by Crippen LogP contribution is 2.24. The van der Waals surface area contributed by atoms with E-state index in [1.807, 2.05) is 35.7 Å². The summed E-state index contributed by atoms with van der Waals surface area (Å²) in [6, 6.07) is 6.61. The lowest BCUT2D eigenvalue weighted by Gasteiger charge is -2.46. The van der Waals surface area contributed by atoms with Crippen molar-refractivity contribution in [3.63, 3.8) is 0 Å². The molecule has 0 aliphatic carbocycles. The summed E-state index contributed by atoms with van der Waals surface area (Å²) < 4.78 is 0. The molecule has 4 nitrogen and oxygen atoms in total. The second-order valence-electron chi connectivity index (χ2n) is 6.98. The first kappa shape index (κ1) is 17.1. The lowest BCUT2D eigenvalue weighted by Crippen LogP contribution is -2.61. The van der Waals surface area contributed by atoms with E-state index in [2.05, 4.69) is 35.9 Å². The number of pyridine rings is 1. The fourth-order valence-corrected chi connectivity index (χ4v) is 4.01. The number of aryl methyl sites for hydroxylation is 1. The molecule has 0 N–H and O–H groups in total. The molecule has 1 saturated heterocycles. The van der Waals surface area contributed by atoms with Gasteiger partial charge in [0.15, 0.2) is 0 Å². The molecule has 2 aromatic heterocycles. The number of aromatic nitrogens is 1. The van der Waals surface area contributed by atoms with Gasteiger partial charge >= 0.3 is 0 Å². The van der Waals surface area contributed by atoms with Crippen molar-refractivity contribution >= 4 is 17.2 Å². The molecule has 0 radical (unpaired) electrons. The lowest BCUT2D eigenvalue weighted by atomic mass is 10.0. The maximum atomic E-state index is 12.6. The zero-order chi connectivity index (χ0) is 17.1. The highest BCUT2D eigenvalue weighted by molar-refractivity contribution is 7.12. The number of nitrogens with zero attached hydrogens (tertiary/aromatic N) is 3. The average molecular weight is 343 g/mol. The molecule has 0 saturated carbocycles. The molecule has 24 heavy (non-hydrogen) atoms. The summed E-state index contributed by atoms with van der Waals surface area (Å²) in [7, 11) is 0. The van der Waals surface area contributed by atoms with Crippen LogP contribution < -0.4 is 0 Å². The van der Waals surface area contributed by atoms with E-state index in [9.17, 15) is 4.79 Å². The van der Waals surface area contributed by atoms with Crippen molar-refractivity contribution in [2.24, 2.45) is 5.92 Å². The van der Waals surface area contributed by atoms with Gasteiger partial charge in [-0.05, 0) is 47.5 Å². The molecule has 1 amide bonds. The molecule has 1 aliphatic heterocycles. The van der Waals surface area contributed by atoms with Gasteiger partial charge in [-0.1, -0.05) is 13.8 Å². The van der Waals surface area contributed by atoms with Crippen LogP contribution in [0.5, 0.6) is 0 Å². The van der Waals surface area contributed by atoms with Gasteiger partial charge in [0, 0.05) is 44.6 Å². The number of hydrogen-bond donors (Lipinski definition) is 0. The third-order valence-electron chi connectivity index (χ3n) is 4.46. The molecule has 2 aromatic rings. The Morgan fingerprint density at radius 1 is 1.33 bits per heavy atom. The molecule has 0 bridgehead atoms. The van der Waals surface area contributed by atoms with Gasteiger partial charge in [-0.25, -0.2) is 0 Å². The SMILES string of the molecule is Cc1ccsc1C(=O)N1CC(N(Cc2ccncc2)CC(C)C)C1. The molecule has 5 heteroatoms. The molecule has 0 spiro atoms. The predicted octanol–water partition coefficient (Wildman–Crippen LogP) is 3.43. The first-order chi connectivity index (χ1) is 11.5. The molecule has 128 valence electrons. The Balaban J connectivity index is 1.62. The van der Waals surface area contributed by atoms with Gasteiger partial charge < -0.3 is 4.90 Å². The second-order valence-corrected chi connectivity index (χ2v) is 7.89. The number of hydrogen-bond acceptors (Lipinski definition) is 4. The third kappa shape index (κ3) is 3.84. The Bertz CT molecular complexity index is 677. The Morgan fingerprint density at radius 3 is 2.62 bits per heavy atom. The van der Waals surface area contributed by atoms with Crippen molar-refractivity contribution in [2.45, 2.75) is 33.4 Å². The monoisotopic (exact) mass is 343 g/mol. The highest BCUT2D eigenvalue weighted by atomic mass is 32.1. The molecule has 1 fully saturated rings. The van der Waals surface area contributed by atoms with Crippen molar-refractivity contribution < 1.29 is 4.79 Å². The number of carbonyl (C=O) groups excluding carboxylic acids is 1. The molecule has 1 aliphatic rings. The van der Waals surface area contributed by atoms with Gasteiger partial charge in [0.2, 0.25) is 0 Å². The van der Waals surface area contributed by atoms with Gasteiger partial charge in [0.25, 0.3) is 5.91 Å². The lowest BCUT2D eigenvalue weighted by molar-refractivity contribution is 0.0200. The van der Waals surface area contributed by atoms with E-state index in [0.717, 1.165) is 36.6 Å². The summed E-state index contributed by atoms with van der Waals surface area (Å²) in [5.74, 6) is 0.795. The van der Waals surface area contributed by atoms with Crippen LogP contribution in [0.2, 0.25) is 0 Å². The van der Waals surface area contributed by atoms with Crippen LogP contribution in [0.3, 0.4) is 0 Å². The van der Waals surface area contributed by atoms with Crippen LogP contribution in [0.25, 0.3) is 0 Å². The van der Waals surface area contributed by atoms with Crippen molar-refractivity contribution in [2.75, 3.05) is 19.6 Å². The first-order valence-electron chi connectivity index (χ1n) is 8.51. The number of thiophene rings is 1. The van der Waals surface area contributed by atoms with Gasteiger partial charge in [-0.2, -0.15) is 0 Å². The molecule has 0 unspecified atom stereocenters. The van der Waals surface area contributed by atoms with E-state index in [0.29, 0.717) is 12.0 Å². The minimum absolute atomic E-state index is 0.187. The Labute approximate surface area is 148 Å². The minimum Gasteiger partial charge on any atom is -0.335 e. The van der Waals surface area contributed by atoms with Crippen LogP contribution in [0.4, 0.5) is 0 Å². The van der Waals surface area contributed by atoms with Crippen LogP contribution in [-0.2, 0) is 6.54 Å². The Kier molecular flexibility index (Phi) is 5.31. The molecular weight excluding hydrogens is 318 g/mol. The van der Waals surface area contributed by atoms with Crippen LogP contribution in [-0.4, -0.2) is 46.4 Å². The Morgan fingerprint density at radius 2 is 2.04 bits per heavy atom. The van der Waals surface area contributed by atoms with Gasteiger partial charge in [-0.15, -0.1) is 11.3 Å². The van der Waals surface area contributed by atoms with E-state index in [1.165, 1.54) is 5.56 Å². The van der Waals surface area contributed by atoms with E-state index in [-0.39, 0.29) is 5.91 Å². The predicted molar refractivity (Wildman–Crippen MR) is 98.2 cm³/mol. The van der Waals surface area contributed by atoms with Crippen molar-refractivity contribution in [3.8, 4) is 0 Å². The summed E-state index contributed by atoms with van der Waals surface area (Å²) in [5, 5.41) is 1.99. The van der Waals surface area contributed by atoms with Crippen molar-refractivity contribution in [3.05, 3.63) is 52.0 Å². The van der Waals surface area contributed by atoms with Gasteiger partial charge in [0.1, 0.15) is 0 Å². The first-order valence-corrected chi connectivity index (χ1v) is 9.39. The van der Waals surface area contributed by atoms with E-state index in [4.69, 9.17) is 0 Å². The molecule has 0 aromatic carbocycles. The summed E-state index contributed by atoms with van der Waals surface area (Å²) in [5.41, 5.74) is 2.37. The van der Waals surface area contributed by atoms with Crippen LogP contribution >= 0.6 is 11.3 Å². The topological polar surface area (TPSA) is 36.4 Å². The standard InChI is InChI=1S/C19H25N3OS/c1-14(2)10-21(11-16-4-7-20-8-5-16)17-12-22(13-17)19(23)18-15(3)6-9-24-18/h4-9,14,17H,10-13H2,1-3H3. The summed E-state index contributed by atoms with van der Waals surface area (Å²) in [6.07, 6.45) is 3.69. The fourth-order valence-electron chi connectivity index (χ4n) is 3.12. The van der Waals surface area contributed by atoms with E-state index >= 15 is 0 Å².